The molecule has 69 heavy (non-hydrogen) atoms. The van der Waals surface area contributed by atoms with Gasteiger partial charge in [0.25, 0.3) is 0 Å². The highest BCUT2D eigenvalue weighted by Crippen LogP contribution is 2.18. The van der Waals surface area contributed by atoms with Gasteiger partial charge in [0.1, 0.15) is 19.8 Å². The van der Waals surface area contributed by atoms with E-state index in [0.29, 0.717) is 52.1 Å². The van der Waals surface area contributed by atoms with Gasteiger partial charge in [0.15, 0.2) is 12.6 Å². The smallest absolute Gasteiger partial charge is 0.465 e. The Morgan fingerprint density at radius 1 is 0.493 bits per heavy atom. The minimum absolute atomic E-state index is 0.0577. The highest BCUT2D eigenvalue weighted by molar-refractivity contribution is 5.69. The Hall–Kier alpha value is -3.03. The molecule has 1 fully saturated rings. The average Bonchev–Trinajstić information content (AvgIpc) is 3.36. The van der Waals surface area contributed by atoms with E-state index in [1.807, 2.05) is 0 Å². The second kappa shape index (κ2) is 48.6. The van der Waals surface area contributed by atoms with Gasteiger partial charge in [-0.1, -0.05) is 135 Å². The zero-order valence-corrected chi connectivity index (χ0v) is 44.5. The number of nitrogens with zero attached hydrogens (tertiary/aromatic N) is 1. The molecule has 0 radical (unpaired) electrons. The lowest BCUT2D eigenvalue weighted by atomic mass is 9.99. The Kier molecular flexibility index (Phi) is 45.1. The fourth-order valence-electron chi connectivity index (χ4n) is 7.59. The largest absolute Gasteiger partial charge is 0.508 e. The molecule has 1 atom stereocenters. The Balaban J connectivity index is 2.70. The van der Waals surface area contributed by atoms with Crippen LogP contribution in [0.1, 0.15) is 202 Å². The highest BCUT2D eigenvalue weighted by Gasteiger charge is 2.22. The summed E-state index contributed by atoms with van der Waals surface area (Å²) in [5, 5.41) is 0. The van der Waals surface area contributed by atoms with Crippen LogP contribution >= 0.6 is 0 Å². The zero-order valence-electron chi connectivity index (χ0n) is 44.5. The summed E-state index contributed by atoms with van der Waals surface area (Å²) in [6.45, 7) is 16.2. The summed E-state index contributed by atoms with van der Waals surface area (Å²) in [4.78, 5) is 41.0. The van der Waals surface area contributed by atoms with E-state index in [1.165, 1.54) is 51.4 Å². The van der Waals surface area contributed by atoms with Gasteiger partial charge in [0, 0.05) is 25.3 Å². The molecule has 0 spiro atoms. The summed E-state index contributed by atoms with van der Waals surface area (Å²) in [5.41, 5.74) is 0. The monoisotopic (exact) mass is 976 g/mol. The van der Waals surface area contributed by atoms with Crippen LogP contribution in [0.4, 0.5) is 4.79 Å². The summed E-state index contributed by atoms with van der Waals surface area (Å²) >= 11 is 0. The fraction of sp³-hybridized carbons (Fsp3) is 0.807. The van der Waals surface area contributed by atoms with Crippen LogP contribution in [0.15, 0.2) is 48.6 Å². The fourth-order valence-corrected chi connectivity index (χ4v) is 7.59. The summed E-state index contributed by atoms with van der Waals surface area (Å²) in [6.07, 6.45) is 39.9. The van der Waals surface area contributed by atoms with Gasteiger partial charge in [-0.05, 0) is 116 Å². The molecule has 1 saturated heterocycles. The molecule has 0 aliphatic carbocycles. The molecule has 0 aromatic heterocycles. The number of likely N-dealkylation sites (tertiary alicyclic amines) is 1. The zero-order chi connectivity index (χ0) is 50.1. The second-order valence-corrected chi connectivity index (χ2v) is 18.4. The topological polar surface area (TPSA) is 128 Å². The average molecular weight is 976 g/mol. The van der Waals surface area contributed by atoms with Crippen LogP contribution in [-0.4, -0.2) is 108 Å². The second-order valence-electron chi connectivity index (χ2n) is 18.4. The van der Waals surface area contributed by atoms with E-state index < -0.39 is 12.1 Å². The van der Waals surface area contributed by atoms with Crippen LogP contribution in [0.2, 0.25) is 0 Å². The lowest BCUT2D eigenvalue weighted by molar-refractivity contribution is -0.152. The third kappa shape index (κ3) is 41.3. The van der Waals surface area contributed by atoms with E-state index in [2.05, 4.69) is 88.1 Å². The first-order valence-corrected chi connectivity index (χ1v) is 27.7. The Labute approximate surface area is 421 Å². The first-order valence-electron chi connectivity index (χ1n) is 27.7. The van der Waals surface area contributed by atoms with Crippen molar-refractivity contribution in [2.45, 2.75) is 214 Å². The maximum absolute atomic E-state index is 13.0. The van der Waals surface area contributed by atoms with Crippen molar-refractivity contribution in [3.8, 4) is 0 Å². The number of carbonyl (C=O) groups is 3. The number of rotatable bonds is 47. The van der Waals surface area contributed by atoms with E-state index in [1.54, 1.807) is 0 Å². The number of unbranched alkanes of at least 4 members (excludes halogenated alkanes) is 10. The van der Waals surface area contributed by atoms with Crippen LogP contribution in [0.3, 0.4) is 0 Å². The van der Waals surface area contributed by atoms with Crippen molar-refractivity contribution in [1.29, 1.82) is 0 Å². The number of carbonyl (C=O) groups excluding carboxylic acids is 3. The van der Waals surface area contributed by atoms with Crippen LogP contribution in [0.25, 0.3) is 0 Å². The molecule has 0 amide bonds. The molecule has 400 valence electrons. The normalized spacial score (nSPS) is 14.8. The van der Waals surface area contributed by atoms with Crippen molar-refractivity contribution < 1.29 is 52.3 Å². The van der Waals surface area contributed by atoms with Gasteiger partial charge >= 0.3 is 18.1 Å². The molecule has 0 aromatic rings. The van der Waals surface area contributed by atoms with E-state index >= 15 is 0 Å². The third-order valence-electron chi connectivity index (χ3n) is 11.9. The van der Waals surface area contributed by atoms with Crippen LogP contribution in [0.5, 0.6) is 0 Å². The summed E-state index contributed by atoms with van der Waals surface area (Å²) in [5.74, 6) is -1.01. The van der Waals surface area contributed by atoms with Crippen LogP contribution < -0.4 is 0 Å². The summed E-state index contributed by atoms with van der Waals surface area (Å²) < 4.78 is 46.8. The Bertz CT molecular complexity index is 1200. The van der Waals surface area contributed by atoms with Gasteiger partial charge in [-0.15, -0.1) is 0 Å². The highest BCUT2D eigenvalue weighted by atomic mass is 16.7. The summed E-state index contributed by atoms with van der Waals surface area (Å²) in [6, 6.07) is 0. The van der Waals surface area contributed by atoms with Crippen LogP contribution in [0, 0.1) is 11.8 Å². The van der Waals surface area contributed by atoms with E-state index in [0.717, 1.165) is 96.7 Å². The van der Waals surface area contributed by atoms with Crippen molar-refractivity contribution in [3.63, 3.8) is 0 Å². The number of hydrogen-bond acceptors (Lipinski definition) is 12. The molecule has 0 N–H and O–H groups in total. The number of ether oxygens (including phenoxy) is 8. The minimum atomic E-state index is -0.774. The minimum Gasteiger partial charge on any atom is -0.465 e. The number of allylic oxidation sites excluding steroid dienone is 4. The van der Waals surface area contributed by atoms with E-state index in [9.17, 15) is 14.4 Å². The molecule has 12 heteroatoms. The lowest BCUT2D eigenvalue weighted by Gasteiger charge is -2.31. The standard InChI is InChI=1S/C57H101NO11/c1-6-11-15-19-23-31-42-62-55(63-43-32-24-20-16-12-7-2)39-29-27-37-53(59)66-48-52(50-69-57(61)68-47-51-36-35-41-58(10-5)46-51)49-67-54(60)38-28-30-40-56(64-44-33-25-21-17-13-8-3)65-45-34-26-22-18-14-9-4/h19-26,51-52,55-56H,6-18,27-50H2,1-5H3/b23-19-,24-20-,25-21-,26-22-. The van der Waals surface area contributed by atoms with Gasteiger partial charge in [-0.3, -0.25) is 9.59 Å². The number of hydrogen-bond donors (Lipinski definition) is 0. The molecule has 1 aliphatic rings. The van der Waals surface area contributed by atoms with Crippen molar-refractivity contribution in [2.75, 3.05) is 72.5 Å². The number of piperidine rings is 1. The SMILES string of the molecule is CCCC/C=C\CCOC(CCCCC(=O)OCC(COC(=O)CCCCC(OCC/C=C\CCCC)OCC/C=C\CCCC)COC(=O)OCC1CCCN(CC)C1)OCC/C=C\CCCC. The predicted octanol–water partition coefficient (Wildman–Crippen LogP) is 14.0. The van der Waals surface area contributed by atoms with Gasteiger partial charge in [0.2, 0.25) is 0 Å². The maximum Gasteiger partial charge on any atom is 0.508 e. The molecule has 0 saturated carbocycles. The van der Waals surface area contributed by atoms with Crippen molar-refractivity contribution in [2.24, 2.45) is 11.8 Å². The molecule has 0 aromatic carbocycles. The first-order chi connectivity index (χ1) is 33.8. The third-order valence-corrected chi connectivity index (χ3v) is 11.9. The molecular weight excluding hydrogens is 875 g/mol. The molecule has 1 unspecified atom stereocenters. The lowest BCUT2D eigenvalue weighted by Crippen LogP contribution is -2.37. The molecule has 1 heterocycles. The van der Waals surface area contributed by atoms with Gasteiger partial charge in [-0.2, -0.15) is 0 Å². The quantitative estimate of drug-likeness (QED) is 0.0189. The van der Waals surface area contributed by atoms with Gasteiger partial charge < -0.3 is 42.8 Å². The molecule has 1 rings (SSSR count). The molecule has 1 aliphatic heterocycles. The summed E-state index contributed by atoms with van der Waals surface area (Å²) in [7, 11) is 0. The van der Waals surface area contributed by atoms with E-state index in [4.69, 9.17) is 37.9 Å². The van der Waals surface area contributed by atoms with Crippen molar-refractivity contribution in [1.82, 2.24) is 4.90 Å². The first kappa shape index (κ1) is 64.0. The molecule has 12 nitrogen and oxygen atoms in total. The number of esters is 2. The molecular formula is C57H101NO11. The van der Waals surface area contributed by atoms with Crippen molar-refractivity contribution in [3.05, 3.63) is 48.6 Å². The predicted molar refractivity (Wildman–Crippen MR) is 279 cm³/mol. The van der Waals surface area contributed by atoms with Crippen molar-refractivity contribution >= 4 is 18.1 Å². The Morgan fingerprint density at radius 2 is 0.884 bits per heavy atom. The molecule has 0 bridgehead atoms. The van der Waals surface area contributed by atoms with Gasteiger partial charge in [-0.25, -0.2) is 4.79 Å². The van der Waals surface area contributed by atoms with E-state index in [-0.39, 0.29) is 69.7 Å². The Morgan fingerprint density at radius 3 is 1.28 bits per heavy atom. The maximum atomic E-state index is 13.0. The van der Waals surface area contributed by atoms with Gasteiger partial charge in [0.05, 0.1) is 39.0 Å². The van der Waals surface area contributed by atoms with Crippen LogP contribution in [-0.2, 0) is 47.5 Å².